The number of ether oxygens (including phenoxy) is 1. The van der Waals surface area contributed by atoms with Crippen LogP contribution in [0.2, 0.25) is 0 Å². The van der Waals surface area contributed by atoms with Crippen molar-refractivity contribution in [1.29, 1.82) is 0 Å². The van der Waals surface area contributed by atoms with Crippen molar-refractivity contribution in [3.63, 3.8) is 0 Å². The maximum atomic E-state index is 12.4. The fourth-order valence-corrected chi connectivity index (χ4v) is 3.35. The second-order valence-corrected chi connectivity index (χ2v) is 6.61. The van der Waals surface area contributed by atoms with Crippen LogP contribution in [0.25, 0.3) is 0 Å². The van der Waals surface area contributed by atoms with E-state index in [0.717, 1.165) is 17.3 Å². The van der Waals surface area contributed by atoms with Gasteiger partial charge >= 0.3 is 5.97 Å². The Balaban J connectivity index is 2.30. The number of esters is 1. The van der Waals surface area contributed by atoms with Crippen molar-refractivity contribution in [2.45, 2.75) is 51.6 Å². The van der Waals surface area contributed by atoms with Crippen LogP contribution in [0, 0.1) is 0 Å². The zero-order valence-corrected chi connectivity index (χ0v) is 13.9. The van der Waals surface area contributed by atoms with E-state index < -0.39 is 5.54 Å². The molecule has 4 heteroatoms. The lowest BCUT2D eigenvalue weighted by Gasteiger charge is -2.38. The molecular weight excluding hydrogens is 318 g/mol. The topological polar surface area (TPSA) is 38.3 Å². The highest BCUT2D eigenvalue weighted by molar-refractivity contribution is 9.10. The van der Waals surface area contributed by atoms with Gasteiger partial charge in [-0.15, -0.1) is 0 Å². The summed E-state index contributed by atoms with van der Waals surface area (Å²) in [6.45, 7) is 6.42. The van der Waals surface area contributed by atoms with Crippen LogP contribution in [0.1, 0.15) is 38.3 Å². The van der Waals surface area contributed by atoms with E-state index >= 15 is 0 Å². The summed E-state index contributed by atoms with van der Waals surface area (Å²) in [5, 5.41) is 3.45. The van der Waals surface area contributed by atoms with Crippen LogP contribution in [0.3, 0.4) is 0 Å². The van der Waals surface area contributed by atoms with E-state index in [1.807, 2.05) is 13.0 Å². The van der Waals surface area contributed by atoms with Crippen molar-refractivity contribution < 1.29 is 9.53 Å². The number of benzene rings is 1. The van der Waals surface area contributed by atoms with Gasteiger partial charge in [0.1, 0.15) is 5.54 Å². The van der Waals surface area contributed by atoms with Crippen LogP contribution in [0.4, 0.5) is 0 Å². The Morgan fingerprint density at radius 1 is 1.45 bits per heavy atom. The van der Waals surface area contributed by atoms with E-state index in [1.54, 1.807) is 0 Å². The molecule has 0 bridgehead atoms. The molecule has 0 aliphatic heterocycles. The van der Waals surface area contributed by atoms with E-state index in [-0.39, 0.29) is 12.0 Å². The highest BCUT2D eigenvalue weighted by atomic mass is 79.9. The molecule has 0 amide bonds. The SMILES string of the molecule is CCOC(=O)C1(NC(C)C)CCc2cc(Br)ccc2C1. The predicted molar refractivity (Wildman–Crippen MR) is 83.8 cm³/mol. The highest BCUT2D eigenvalue weighted by Crippen LogP contribution is 2.32. The Bertz CT molecular complexity index is 501. The van der Waals surface area contributed by atoms with E-state index in [2.05, 4.69) is 47.2 Å². The van der Waals surface area contributed by atoms with Crippen molar-refractivity contribution in [2.75, 3.05) is 6.61 Å². The molecule has 0 saturated heterocycles. The molecule has 0 radical (unpaired) electrons. The molecule has 1 aromatic carbocycles. The summed E-state index contributed by atoms with van der Waals surface area (Å²) < 4.78 is 6.41. The van der Waals surface area contributed by atoms with Crippen molar-refractivity contribution in [1.82, 2.24) is 5.32 Å². The summed E-state index contributed by atoms with van der Waals surface area (Å²) in [5.74, 6) is -0.123. The van der Waals surface area contributed by atoms with Crippen LogP contribution in [0.5, 0.6) is 0 Å². The average Bonchev–Trinajstić information content (AvgIpc) is 2.38. The molecule has 110 valence electrons. The molecule has 1 N–H and O–H groups in total. The molecule has 2 rings (SSSR count). The van der Waals surface area contributed by atoms with Gasteiger partial charge in [-0.05, 0) is 56.9 Å². The molecule has 1 unspecified atom stereocenters. The fraction of sp³-hybridized carbons (Fsp3) is 0.562. The van der Waals surface area contributed by atoms with Crippen LogP contribution in [-0.4, -0.2) is 24.2 Å². The van der Waals surface area contributed by atoms with E-state index in [0.29, 0.717) is 13.0 Å². The number of carbonyl (C=O) groups excluding carboxylic acids is 1. The van der Waals surface area contributed by atoms with Gasteiger partial charge in [-0.1, -0.05) is 22.0 Å². The maximum absolute atomic E-state index is 12.4. The lowest BCUT2D eigenvalue weighted by molar-refractivity contribution is -0.152. The third-order valence-corrected chi connectivity index (χ3v) is 4.21. The first-order valence-corrected chi connectivity index (χ1v) is 7.98. The van der Waals surface area contributed by atoms with Crippen LogP contribution >= 0.6 is 15.9 Å². The van der Waals surface area contributed by atoms with Gasteiger partial charge in [0.15, 0.2) is 0 Å². The molecular formula is C16H22BrNO2. The predicted octanol–water partition coefficient (Wildman–Crippen LogP) is 3.24. The molecule has 0 fully saturated rings. The number of halogens is 1. The number of rotatable bonds is 4. The summed E-state index contributed by atoms with van der Waals surface area (Å²) in [6.07, 6.45) is 2.38. The van der Waals surface area contributed by atoms with Crippen molar-refractivity contribution >= 4 is 21.9 Å². The van der Waals surface area contributed by atoms with Crippen LogP contribution < -0.4 is 5.32 Å². The monoisotopic (exact) mass is 339 g/mol. The van der Waals surface area contributed by atoms with Gasteiger partial charge in [-0.25, -0.2) is 0 Å². The molecule has 0 heterocycles. The largest absolute Gasteiger partial charge is 0.465 e. The number of carbonyl (C=O) groups is 1. The van der Waals surface area contributed by atoms with Crippen LogP contribution in [-0.2, 0) is 22.4 Å². The fourth-order valence-electron chi connectivity index (χ4n) is 2.94. The normalized spacial score (nSPS) is 21.6. The first-order chi connectivity index (χ1) is 9.47. The van der Waals surface area contributed by atoms with Gasteiger partial charge in [-0.3, -0.25) is 10.1 Å². The Kier molecular flexibility index (Phi) is 4.86. The zero-order chi connectivity index (χ0) is 14.8. The summed E-state index contributed by atoms with van der Waals surface area (Å²) in [7, 11) is 0. The zero-order valence-electron chi connectivity index (χ0n) is 12.3. The number of fused-ring (bicyclic) bond motifs is 1. The van der Waals surface area contributed by atoms with Gasteiger partial charge < -0.3 is 4.74 Å². The summed E-state index contributed by atoms with van der Waals surface area (Å²) in [4.78, 5) is 12.4. The van der Waals surface area contributed by atoms with Crippen molar-refractivity contribution in [2.24, 2.45) is 0 Å². The second-order valence-electron chi connectivity index (χ2n) is 5.69. The molecule has 0 saturated carbocycles. The Hall–Kier alpha value is -0.870. The summed E-state index contributed by atoms with van der Waals surface area (Å²) in [6, 6.07) is 6.54. The maximum Gasteiger partial charge on any atom is 0.326 e. The van der Waals surface area contributed by atoms with Gasteiger partial charge in [0, 0.05) is 16.9 Å². The molecule has 0 spiro atoms. The lowest BCUT2D eigenvalue weighted by atomic mass is 9.77. The standard InChI is InChI=1S/C16H22BrNO2/c1-4-20-15(19)16(18-11(2)3)8-7-12-9-14(17)6-5-13(12)10-16/h5-6,9,11,18H,4,7-8,10H2,1-3H3. The summed E-state index contributed by atoms with van der Waals surface area (Å²) in [5.41, 5.74) is 1.98. The Labute approximate surface area is 129 Å². The number of aryl methyl sites for hydroxylation is 1. The first kappa shape index (κ1) is 15.5. The van der Waals surface area contributed by atoms with E-state index in [4.69, 9.17) is 4.74 Å². The second kappa shape index (κ2) is 6.27. The Morgan fingerprint density at radius 3 is 2.85 bits per heavy atom. The van der Waals surface area contributed by atoms with Crippen molar-refractivity contribution in [3.8, 4) is 0 Å². The van der Waals surface area contributed by atoms with Gasteiger partial charge in [-0.2, -0.15) is 0 Å². The smallest absolute Gasteiger partial charge is 0.326 e. The van der Waals surface area contributed by atoms with E-state index in [1.165, 1.54) is 11.1 Å². The van der Waals surface area contributed by atoms with E-state index in [9.17, 15) is 4.79 Å². The molecule has 1 aliphatic carbocycles. The van der Waals surface area contributed by atoms with Gasteiger partial charge in [0.25, 0.3) is 0 Å². The van der Waals surface area contributed by atoms with Crippen molar-refractivity contribution in [3.05, 3.63) is 33.8 Å². The minimum absolute atomic E-state index is 0.123. The lowest BCUT2D eigenvalue weighted by Crippen LogP contribution is -2.58. The third kappa shape index (κ3) is 3.23. The number of hydrogen-bond acceptors (Lipinski definition) is 3. The number of nitrogens with one attached hydrogen (secondary N) is 1. The van der Waals surface area contributed by atoms with Gasteiger partial charge in [0.05, 0.1) is 6.61 Å². The molecule has 0 aromatic heterocycles. The highest BCUT2D eigenvalue weighted by Gasteiger charge is 2.42. The molecule has 1 aliphatic rings. The van der Waals surface area contributed by atoms with Crippen LogP contribution in [0.15, 0.2) is 22.7 Å². The minimum Gasteiger partial charge on any atom is -0.465 e. The minimum atomic E-state index is -0.578. The molecule has 1 aromatic rings. The number of hydrogen-bond donors (Lipinski definition) is 1. The summed E-state index contributed by atoms with van der Waals surface area (Å²) >= 11 is 3.51. The third-order valence-electron chi connectivity index (χ3n) is 3.71. The molecule has 20 heavy (non-hydrogen) atoms. The molecule has 1 atom stereocenters. The Morgan fingerprint density at radius 2 is 2.20 bits per heavy atom. The van der Waals surface area contributed by atoms with Gasteiger partial charge in [0.2, 0.25) is 0 Å². The quantitative estimate of drug-likeness (QED) is 0.856. The first-order valence-electron chi connectivity index (χ1n) is 7.19. The molecule has 3 nitrogen and oxygen atoms in total. The average molecular weight is 340 g/mol.